The number of carbonyl (C=O) groups is 5. The van der Waals surface area contributed by atoms with Crippen molar-refractivity contribution in [3.8, 4) is 5.75 Å². The van der Waals surface area contributed by atoms with E-state index in [0.717, 1.165) is 99.6 Å². The number of hydrogen-bond acceptors (Lipinski definition) is 10. The van der Waals surface area contributed by atoms with Crippen molar-refractivity contribution >= 4 is 58.3 Å². The van der Waals surface area contributed by atoms with E-state index in [1.807, 2.05) is 23.1 Å². The van der Waals surface area contributed by atoms with E-state index < -0.39 is 29.7 Å². The number of benzene rings is 2. The minimum Gasteiger partial charge on any atom is -0.490 e. The van der Waals surface area contributed by atoms with E-state index in [1.54, 1.807) is 30.3 Å². The van der Waals surface area contributed by atoms with Crippen LogP contribution in [-0.2, 0) is 20.9 Å². The second kappa shape index (κ2) is 15.7. The van der Waals surface area contributed by atoms with Crippen LogP contribution in [0.25, 0.3) is 4.85 Å². The number of amides is 5. The molecule has 1 N–H and O–H groups in total. The van der Waals surface area contributed by atoms with Crippen molar-refractivity contribution in [1.82, 2.24) is 20.1 Å². The lowest BCUT2D eigenvalue weighted by molar-refractivity contribution is -0.136. The fourth-order valence-electron chi connectivity index (χ4n) is 9.38. The zero-order valence-electron chi connectivity index (χ0n) is 32.0. The lowest BCUT2D eigenvalue weighted by Gasteiger charge is -2.38. The van der Waals surface area contributed by atoms with Gasteiger partial charge in [-0.25, -0.2) is 9.83 Å². The van der Waals surface area contributed by atoms with Gasteiger partial charge in [0.25, 0.3) is 17.7 Å². The highest BCUT2D eigenvalue weighted by molar-refractivity contribution is 6.33. The zero-order chi connectivity index (χ0) is 40.1. The smallest absolute Gasteiger partial charge is 0.262 e. The molecular weight excluding hydrogens is 762 g/mol. The molecule has 2 aromatic carbocycles. The standard InChI is InChI=1S/C43H44ClN7O7/c1-45-35-10-7-30(23-34(35)44)58-27-5-2-25(3-6-27)50-24-36-32(41(50)54)9-12-38(46-36)49-20-16-29(17-21-49)57-28-14-18-48(19-15-28)26-4-8-31-33(22-26)43(56)51(42(31)55)37-11-13-39(52)47-40(37)53/h4,7-10,12,22-23,25,27-29,37H,2-3,5-6,11,13-21,24H2,(H,47,52,53). The Hall–Kier alpha value is -5.52. The van der Waals surface area contributed by atoms with E-state index in [4.69, 9.17) is 32.6 Å². The molecule has 1 atom stereocenters. The maximum absolute atomic E-state index is 13.5. The summed E-state index contributed by atoms with van der Waals surface area (Å²) in [6.45, 7) is 10.8. The van der Waals surface area contributed by atoms with E-state index in [2.05, 4.69) is 20.0 Å². The second-order valence-electron chi connectivity index (χ2n) is 16.1. The number of halogens is 1. The molecule has 0 bridgehead atoms. The number of anilines is 2. The van der Waals surface area contributed by atoms with E-state index in [-0.39, 0.29) is 54.2 Å². The van der Waals surface area contributed by atoms with Crippen molar-refractivity contribution in [2.45, 2.75) is 101 Å². The molecule has 6 aliphatic rings. The number of rotatable bonds is 8. The van der Waals surface area contributed by atoms with Crippen LogP contribution in [0, 0.1) is 6.57 Å². The lowest BCUT2D eigenvalue weighted by Crippen LogP contribution is -2.54. The fourth-order valence-corrected chi connectivity index (χ4v) is 9.59. The topological polar surface area (TPSA) is 146 Å². The predicted molar refractivity (Wildman–Crippen MR) is 213 cm³/mol. The van der Waals surface area contributed by atoms with Gasteiger partial charge >= 0.3 is 0 Å². The molecule has 0 spiro atoms. The molecule has 1 unspecified atom stereocenters. The molecule has 5 aliphatic heterocycles. The molecule has 3 aromatic rings. The van der Waals surface area contributed by atoms with Gasteiger partial charge in [0.1, 0.15) is 17.6 Å². The third-order valence-corrected chi connectivity index (χ3v) is 12.9. The maximum atomic E-state index is 13.5. The van der Waals surface area contributed by atoms with E-state index in [0.29, 0.717) is 28.6 Å². The summed E-state index contributed by atoms with van der Waals surface area (Å²) in [4.78, 5) is 79.9. The number of imide groups is 2. The average Bonchev–Trinajstić information content (AvgIpc) is 3.69. The van der Waals surface area contributed by atoms with E-state index >= 15 is 0 Å². The van der Waals surface area contributed by atoms with Gasteiger partial charge in [-0.1, -0.05) is 17.7 Å². The van der Waals surface area contributed by atoms with Crippen molar-refractivity contribution in [3.63, 3.8) is 0 Å². The van der Waals surface area contributed by atoms with Gasteiger partial charge in [0.2, 0.25) is 17.5 Å². The number of piperidine rings is 3. The molecule has 14 nitrogen and oxygen atoms in total. The number of hydrogen-bond donors (Lipinski definition) is 1. The molecule has 3 saturated heterocycles. The largest absolute Gasteiger partial charge is 0.490 e. The first kappa shape index (κ1) is 38.0. The summed E-state index contributed by atoms with van der Waals surface area (Å²) in [5.74, 6) is -0.402. The van der Waals surface area contributed by atoms with Crippen LogP contribution >= 0.6 is 11.6 Å². The molecule has 9 rings (SSSR count). The molecule has 1 aliphatic carbocycles. The number of nitrogens with zero attached hydrogens (tertiary/aromatic N) is 6. The summed E-state index contributed by atoms with van der Waals surface area (Å²) >= 11 is 6.20. The Labute approximate surface area is 341 Å². The van der Waals surface area contributed by atoms with Gasteiger partial charge in [-0.2, -0.15) is 0 Å². The highest BCUT2D eigenvalue weighted by Gasteiger charge is 2.45. The average molecular weight is 806 g/mol. The van der Waals surface area contributed by atoms with Crippen LogP contribution in [0.1, 0.15) is 101 Å². The summed E-state index contributed by atoms with van der Waals surface area (Å²) in [5, 5.41) is 2.63. The number of aromatic nitrogens is 1. The summed E-state index contributed by atoms with van der Waals surface area (Å²) in [6, 6.07) is 13.5. The lowest BCUT2D eigenvalue weighted by atomic mass is 9.92. The number of fused-ring (bicyclic) bond motifs is 2. The minimum atomic E-state index is -0.983. The van der Waals surface area contributed by atoms with Crippen LogP contribution in [0.4, 0.5) is 17.2 Å². The van der Waals surface area contributed by atoms with Crippen LogP contribution in [0.15, 0.2) is 48.5 Å². The Morgan fingerprint density at radius 3 is 2.10 bits per heavy atom. The van der Waals surface area contributed by atoms with E-state index in [9.17, 15) is 24.0 Å². The van der Waals surface area contributed by atoms with Gasteiger partial charge in [0.05, 0.1) is 58.8 Å². The van der Waals surface area contributed by atoms with Crippen molar-refractivity contribution < 1.29 is 33.4 Å². The van der Waals surface area contributed by atoms with Crippen LogP contribution in [0.5, 0.6) is 5.75 Å². The first-order valence-corrected chi connectivity index (χ1v) is 20.7. The molecule has 15 heteroatoms. The number of ether oxygens (including phenoxy) is 2. The van der Waals surface area contributed by atoms with Crippen LogP contribution in [-0.4, -0.2) is 101 Å². The summed E-state index contributed by atoms with van der Waals surface area (Å²) < 4.78 is 12.8. The van der Waals surface area contributed by atoms with Gasteiger partial charge in [-0.05, 0) is 100 Å². The van der Waals surface area contributed by atoms with Crippen molar-refractivity contribution in [2.75, 3.05) is 36.0 Å². The van der Waals surface area contributed by atoms with Crippen molar-refractivity contribution in [2.24, 2.45) is 0 Å². The molecular formula is C43H44ClN7O7. The molecule has 300 valence electrons. The van der Waals surface area contributed by atoms with E-state index in [1.165, 1.54) is 0 Å². The Kier molecular flexibility index (Phi) is 10.3. The highest BCUT2D eigenvalue weighted by atomic mass is 35.5. The molecule has 4 fully saturated rings. The van der Waals surface area contributed by atoms with Crippen LogP contribution < -0.4 is 19.9 Å². The summed E-state index contributed by atoms with van der Waals surface area (Å²) in [6.07, 6.45) is 7.33. The summed E-state index contributed by atoms with van der Waals surface area (Å²) in [7, 11) is 0. The molecule has 1 saturated carbocycles. The molecule has 0 radical (unpaired) electrons. The third kappa shape index (κ3) is 7.26. The number of nitrogens with one attached hydrogen (secondary N) is 1. The second-order valence-corrected chi connectivity index (χ2v) is 16.5. The molecule has 58 heavy (non-hydrogen) atoms. The Morgan fingerprint density at radius 1 is 0.724 bits per heavy atom. The Bertz CT molecular complexity index is 2220. The quantitative estimate of drug-likeness (QED) is 0.223. The van der Waals surface area contributed by atoms with Gasteiger partial charge in [-0.15, -0.1) is 0 Å². The maximum Gasteiger partial charge on any atom is 0.262 e. The Morgan fingerprint density at radius 2 is 1.41 bits per heavy atom. The first-order chi connectivity index (χ1) is 28.1. The third-order valence-electron chi connectivity index (χ3n) is 12.6. The van der Waals surface area contributed by atoms with Crippen LogP contribution in [0.2, 0.25) is 5.02 Å². The fraction of sp³-hybridized carbons (Fsp3) is 0.465. The zero-order valence-corrected chi connectivity index (χ0v) is 32.8. The number of carbonyl (C=O) groups excluding carboxylic acids is 5. The Balaban J connectivity index is 0.730. The minimum absolute atomic E-state index is 0.0381. The normalized spacial score (nSPS) is 24.2. The summed E-state index contributed by atoms with van der Waals surface area (Å²) in [5.41, 5.74) is 3.36. The van der Waals surface area contributed by atoms with Crippen molar-refractivity contribution in [1.29, 1.82) is 0 Å². The number of pyridine rings is 1. The molecule has 5 amide bonds. The van der Waals surface area contributed by atoms with Gasteiger partial charge in [-0.3, -0.25) is 34.2 Å². The first-order valence-electron chi connectivity index (χ1n) is 20.3. The van der Waals surface area contributed by atoms with Crippen molar-refractivity contribution in [3.05, 3.63) is 87.4 Å². The molecule has 6 heterocycles. The van der Waals surface area contributed by atoms with Gasteiger partial charge in [0.15, 0.2) is 0 Å². The van der Waals surface area contributed by atoms with Crippen LogP contribution in [0.3, 0.4) is 0 Å². The highest BCUT2D eigenvalue weighted by Crippen LogP contribution is 2.36. The monoisotopic (exact) mass is 805 g/mol. The molecule has 1 aromatic heterocycles. The van der Waals surface area contributed by atoms with Gasteiger partial charge < -0.3 is 24.2 Å². The predicted octanol–water partition coefficient (Wildman–Crippen LogP) is 5.69. The van der Waals surface area contributed by atoms with Gasteiger partial charge in [0, 0.05) is 44.3 Å². The SMILES string of the molecule is [C-]#[N+]c1ccc(OC2CCC(N3Cc4nc(N5CCC(OC6CCN(c7ccc8c(c7)C(=O)N(C7CCC(=O)NC7=O)C8=O)CC6)CC5)ccc4C3=O)CC2)cc1Cl.